The molecule has 1 aliphatic rings. The van der Waals surface area contributed by atoms with Crippen molar-refractivity contribution in [2.75, 3.05) is 18.0 Å². The minimum atomic E-state index is -1.24. The number of hydrogen-bond acceptors (Lipinski definition) is 6. The van der Waals surface area contributed by atoms with Gasteiger partial charge in [-0.2, -0.15) is 0 Å². The highest BCUT2D eigenvalue weighted by molar-refractivity contribution is 5.69. The van der Waals surface area contributed by atoms with Crippen molar-refractivity contribution in [2.24, 2.45) is 0 Å². The zero-order valence-corrected chi connectivity index (χ0v) is 13.9. The molecule has 1 unspecified atom stereocenters. The molecule has 2 heterocycles. The van der Waals surface area contributed by atoms with E-state index in [2.05, 4.69) is 10.3 Å². The normalized spacial score (nSPS) is 21.2. The average molecular weight is 340 g/mol. The summed E-state index contributed by atoms with van der Waals surface area (Å²) in [5, 5.41) is 13.6. The fourth-order valence-electron chi connectivity index (χ4n) is 2.52. The molecule has 0 saturated carbocycles. The summed E-state index contributed by atoms with van der Waals surface area (Å²) >= 11 is 0. The summed E-state index contributed by atoms with van der Waals surface area (Å²) in [6.45, 7) is 5.58. The lowest BCUT2D eigenvalue weighted by molar-refractivity contribution is -0.384. The van der Waals surface area contributed by atoms with Gasteiger partial charge in [-0.15, -0.1) is 0 Å². The summed E-state index contributed by atoms with van der Waals surface area (Å²) in [6, 6.07) is 0.711. The van der Waals surface area contributed by atoms with Crippen LogP contribution in [0.15, 0.2) is 18.5 Å². The molecule has 9 heteroatoms. The maximum atomic E-state index is 14.1. The van der Waals surface area contributed by atoms with Crippen molar-refractivity contribution in [3.05, 3.63) is 28.6 Å². The van der Waals surface area contributed by atoms with Crippen LogP contribution in [-0.2, 0) is 4.74 Å². The largest absolute Gasteiger partial charge is 0.444 e. The fraction of sp³-hybridized carbons (Fsp3) is 0.600. The zero-order valence-electron chi connectivity index (χ0n) is 13.9. The molecule has 0 spiro atoms. The van der Waals surface area contributed by atoms with E-state index in [1.165, 1.54) is 12.3 Å². The number of carbonyl (C=O) groups is 1. The van der Waals surface area contributed by atoms with Crippen molar-refractivity contribution in [3.63, 3.8) is 0 Å². The van der Waals surface area contributed by atoms with Crippen LogP contribution in [0.25, 0.3) is 0 Å². The standard InChI is InChI=1S/C15H21FN4O4/c1-15(2,3)24-14(21)18-11-9-19(7-5-10(11)16)12-4-6-17-8-13(12)20(22)23/h4,6,8,10-11H,5,7,9H2,1-3H3,(H,18,21)/t10-,11?/m0/s1. The molecule has 1 fully saturated rings. The Labute approximate surface area is 139 Å². The topological polar surface area (TPSA) is 97.6 Å². The number of amides is 1. The number of rotatable bonds is 3. The van der Waals surface area contributed by atoms with Crippen molar-refractivity contribution < 1.29 is 18.8 Å². The van der Waals surface area contributed by atoms with Gasteiger partial charge in [-0.3, -0.25) is 15.1 Å². The van der Waals surface area contributed by atoms with Crippen LogP contribution in [0.3, 0.4) is 0 Å². The Morgan fingerprint density at radius 3 is 2.88 bits per heavy atom. The number of pyridine rings is 1. The zero-order chi connectivity index (χ0) is 17.9. The Kier molecular flexibility index (Phi) is 5.20. The van der Waals surface area contributed by atoms with Crippen LogP contribution in [0, 0.1) is 10.1 Å². The van der Waals surface area contributed by atoms with Crippen molar-refractivity contribution in [3.8, 4) is 0 Å². The van der Waals surface area contributed by atoms with Crippen LogP contribution >= 0.6 is 0 Å². The highest BCUT2D eigenvalue weighted by Gasteiger charge is 2.34. The Morgan fingerprint density at radius 2 is 2.25 bits per heavy atom. The number of alkyl halides is 1. The average Bonchev–Trinajstić information content (AvgIpc) is 2.47. The molecule has 132 valence electrons. The van der Waals surface area contributed by atoms with E-state index in [1.807, 2.05) is 0 Å². The first kappa shape index (κ1) is 17.9. The number of alkyl carbamates (subject to hydrolysis) is 1. The molecule has 2 atom stereocenters. The number of anilines is 1. The number of ether oxygens (including phenoxy) is 1. The van der Waals surface area contributed by atoms with Gasteiger partial charge in [0, 0.05) is 19.3 Å². The number of hydrogen-bond donors (Lipinski definition) is 1. The Hall–Kier alpha value is -2.45. The monoisotopic (exact) mass is 340 g/mol. The quantitative estimate of drug-likeness (QED) is 0.670. The second-order valence-corrected chi connectivity index (χ2v) is 6.62. The van der Waals surface area contributed by atoms with Gasteiger partial charge in [-0.25, -0.2) is 9.18 Å². The highest BCUT2D eigenvalue weighted by Crippen LogP contribution is 2.29. The molecule has 8 nitrogen and oxygen atoms in total. The third kappa shape index (κ3) is 4.53. The van der Waals surface area contributed by atoms with Gasteiger partial charge in [-0.1, -0.05) is 0 Å². The van der Waals surface area contributed by atoms with Crippen LogP contribution in [0.5, 0.6) is 0 Å². The first-order chi connectivity index (χ1) is 11.2. The molecule has 0 radical (unpaired) electrons. The third-order valence-corrected chi connectivity index (χ3v) is 3.55. The second kappa shape index (κ2) is 6.98. The van der Waals surface area contributed by atoms with Gasteiger partial charge in [-0.05, 0) is 33.3 Å². The molecule has 0 bridgehead atoms. The van der Waals surface area contributed by atoms with E-state index in [4.69, 9.17) is 4.74 Å². The summed E-state index contributed by atoms with van der Waals surface area (Å²) < 4.78 is 19.3. The Morgan fingerprint density at radius 1 is 1.54 bits per heavy atom. The summed E-state index contributed by atoms with van der Waals surface area (Å²) in [7, 11) is 0. The lowest BCUT2D eigenvalue weighted by Crippen LogP contribution is -2.54. The van der Waals surface area contributed by atoms with E-state index in [9.17, 15) is 19.3 Å². The first-order valence-corrected chi connectivity index (χ1v) is 7.64. The van der Waals surface area contributed by atoms with E-state index in [1.54, 1.807) is 25.7 Å². The van der Waals surface area contributed by atoms with Gasteiger partial charge >= 0.3 is 11.8 Å². The van der Waals surface area contributed by atoms with E-state index in [-0.39, 0.29) is 18.7 Å². The number of piperidine rings is 1. The predicted molar refractivity (Wildman–Crippen MR) is 85.8 cm³/mol. The maximum Gasteiger partial charge on any atom is 0.408 e. The van der Waals surface area contributed by atoms with Crippen molar-refractivity contribution in [1.82, 2.24) is 10.3 Å². The molecular weight excluding hydrogens is 319 g/mol. The molecular formula is C15H21FN4O4. The smallest absolute Gasteiger partial charge is 0.408 e. The molecule has 24 heavy (non-hydrogen) atoms. The summed E-state index contributed by atoms with van der Waals surface area (Å²) in [5.41, 5.74) is -0.475. The van der Waals surface area contributed by atoms with Crippen LogP contribution < -0.4 is 10.2 Å². The third-order valence-electron chi connectivity index (χ3n) is 3.55. The number of nitro groups is 1. The van der Waals surface area contributed by atoms with E-state index in [0.29, 0.717) is 12.2 Å². The van der Waals surface area contributed by atoms with E-state index < -0.39 is 28.8 Å². The van der Waals surface area contributed by atoms with Gasteiger partial charge in [0.2, 0.25) is 0 Å². The van der Waals surface area contributed by atoms with Gasteiger partial charge in [0.15, 0.2) is 0 Å². The van der Waals surface area contributed by atoms with Crippen LogP contribution in [0.2, 0.25) is 0 Å². The fourth-order valence-corrected chi connectivity index (χ4v) is 2.52. The SMILES string of the molecule is CC(C)(C)OC(=O)NC1CN(c2ccncc2[N+](=O)[O-])CC[C@@H]1F. The summed E-state index contributed by atoms with van der Waals surface area (Å²) in [5.74, 6) is 0. The number of nitrogens with zero attached hydrogens (tertiary/aromatic N) is 3. The molecule has 1 aromatic heterocycles. The van der Waals surface area contributed by atoms with Gasteiger partial charge in [0.05, 0.1) is 11.0 Å². The van der Waals surface area contributed by atoms with Crippen molar-refractivity contribution in [2.45, 2.75) is 45.0 Å². The van der Waals surface area contributed by atoms with Crippen molar-refractivity contribution >= 4 is 17.5 Å². The molecule has 0 aromatic carbocycles. The molecule has 1 amide bonds. The van der Waals surface area contributed by atoms with Gasteiger partial charge in [0.25, 0.3) is 0 Å². The van der Waals surface area contributed by atoms with E-state index in [0.717, 1.165) is 6.20 Å². The number of halogens is 1. The maximum absolute atomic E-state index is 14.1. The van der Waals surface area contributed by atoms with Gasteiger partial charge < -0.3 is 15.0 Å². The predicted octanol–water partition coefficient (Wildman–Crippen LogP) is 2.43. The second-order valence-electron chi connectivity index (χ2n) is 6.62. The Bertz CT molecular complexity index is 620. The van der Waals surface area contributed by atoms with Crippen LogP contribution in [0.4, 0.5) is 20.6 Å². The molecule has 0 aliphatic carbocycles. The first-order valence-electron chi connectivity index (χ1n) is 7.64. The molecule has 1 aliphatic heterocycles. The Balaban J connectivity index is 2.11. The summed E-state index contributed by atoms with van der Waals surface area (Å²) in [4.78, 5) is 27.9. The van der Waals surface area contributed by atoms with E-state index >= 15 is 0 Å². The highest BCUT2D eigenvalue weighted by atomic mass is 19.1. The molecule has 2 rings (SSSR count). The lowest BCUT2D eigenvalue weighted by Gasteiger charge is -2.36. The minimum absolute atomic E-state index is 0.116. The lowest BCUT2D eigenvalue weighted by atomic mass is 10.0. The number of aromatic nitrogens is 1. The minimum Gasteiger partial charge on any atom is -0.444 e. The van der Waals surface area contributed by atoms with Crippen LogP contribution in [-0.4, -0.2) is 46.9 Å². The van der Waals surface area contributed by atoms with Gasteiger partial charge in [0.1, 0.15) is 23.7 Å². The molecule has 1 N–H and O–H groups in total. The van der Waals surface area contributed by atoms with Crippen molar-refractivity contribution in [1.29, 1.82) is 0 Å². The number of nitrogens with one attached hydrogen (secondary N) is 1. The molecule has 1 saturated heterocycles. The van der Waals surface area contributed by atoms with Crippen LogP contribution in [0.1, 0.15) is 27.2 Å². The summed E-state index contributed by atoms with van der Waals surface area (Å²) in [6.07, 6.45) is 0.809. The molecule has 1 aromatic rings. The number of carbonyl (C=O) groups excluding carboxylic acids is 1.